The molecule has 0 aliphatic carbocycles. The number of benzene rings is 1. The second-order valence-electron chi connectivity index (χ2n) is 4.01. The van der Waals surface area contributed by atoms with E-state index in [0.29, 0.717) is 0 Å². The molecule has 0 aliphatic heterocycles. The molecule has 0 bridgehead atoms. The lowest BCUT2D eigenvalue weighted by Crippen LogP contribution is -2.27. The third-order valence-electron chi connectivity index (χ3n) is 2.52. The monoisotopic (exact) mass is 204 g/mol. The lowest BCUT2D eigenvalue weighted by atomic mass is 10.1. The zero-order chi connectivity index (χ0) is 11.0. The van der Waals surface area contributed by atoms with E-state index in [0.717, 1.165) is 22.4 Å². The van der Waals surface area contributed by atoms with E-state index in [1.165, 1.54) is 0 Å². The number of hydrogen-bond acceptors (Lipinski definition) is 3. The van der Waals surface area contributed by atoms with Crippen molar-refractivity contribution in [3.8, 4) is 0 Å². The topological polar surface area (TPSA) is 57.9 Å². The van der Waals surface area contributed by atoms with Gasteiger partial charge in [0.25, 0.3) is 0 Å². The molecule has 3 N–H and O–H groups in total. The Balaban J connectivity index is 2.46. The maximum atomic E-state index is 6.03. The number of nitrogens with two attached hydrogens (primary N) is 1. The van der Waals surface area contributed by atoms with Crippen molar-refractivity contribution in [2.24, 2.45) is 5.73 Å². The van der Waals surface area contributed by atoms with E-state index < -0.39 is 0 Å². The third-order valence-corrected chi connectivity index (χ3v) is 2.52. The first-order valence-corrected chi connectivity index (χ1v) is 4.96. The van der Waals surface area contributed by atoms with E-state index in [1.54, 1.807) is 0 Å². The van der Waals surface area contributed by atoms with Gasteiger partial charge in [0.2, 0.25) is 0 Å². The molecule has 0 aliphatic rings. The van der Waals surface area contributed by atoms with Gasteiger partial charge in [-0.15, -0.1) is 0 Å². The van der Waals surface area contributed by atoms with Crippen molar-refractivity contribution in [3.05, 3.63) is 29.6 Å². The molecule has 15 heavy (non-hydrogen) atoms. The van der Waals surface area contributed by atoms with Crippen LogP contribution in [0.2, 0.25) is 0 Å². The molecule has 2 aromatic rings. The van der Waals surface area contributed by atoms with Gasteiger partial charge in [0.05, 0.1) is 17.2 Å². The summed E-state index contributed by atoms with van der Waals surface area (Å²) in [5.41, 5.74) is 9.15. The average Bonchev–Trinajstić information content (AvgIpc) is 2.55. The van der Waals surface area contributed by atoms with Gasteiger partial charge in [0.15, 0.2) is 0 Å². The Morgan fingerprint density at radius 1 is 1.40 bits per heavy atom. The van der Waals surface area contributed by atoms with E-state index in [1.807, 2.05) is 38.1 Å². The average molecular weight is 204 g/mol. The molecule has 1 aromatic heterocycles. The van der Waals surface area contributed by atoms with Crippen LogP contribution < -0.4 is 5.73 Å². The molecule has 0 radical (unpaired) electrons. The Bertz CT molecular complexity index is 472. The zero-order valence-corrected chi connectivity index (χ0v) is 9.28. The fourth-order valence-electron chi connectivity index (χ4n) is 1.64. The maximum absolute atomic E-state index is 6.03. The molecule has 0 saturated carbocycles. The van der Waals surface area contributed by atoms with Crippen molar-refractivity contribution in [3.63, 3.8) is 0 Å². The van der Waals surface area contributed by atoms with Crippen molar-refractivity contribution in [2.45, 2.75) is 13.1 Å². The number of H-pyrrole nitrogens is 1. The Labute approximate surface area is 89.1 Å². The molecule has 2 rings (SSSR count). The summed E-state index contributed by atoms with van der Waals surface area (Å²) in [7, 11) is 3.93. The van der Waals surface area contributed by atoms with Gasteiger partial charge < -0.3 is 10.7 Å². The molecule has 4 heteroatoms. The van der Waals surface area contributed by atoms with Gasteiger partial charge in [-0.1, -0.05) is 6.07 Å². The normalized spacial score (nSPS) is 13.7. The van der Waals surface area contributed by atoms with Gasteiger partial charge in [-0.05, 0) is 38.7 Å². The number of fused-ring (bicyclic) bond motifs is 1. The number of hydrogen-bond donors (Lipinski definition) is 2. The molecule has 80 valence electrons. The fraction of sp³-hybridized carbons (Fsp3) is 0.364. The number of nitrogens with zero attached hydrogens (tertiary/aromatic N) is 2. The van der Waals surface area contributed by atoms with Gasteiger partial charge in [0.1, 0.15) is 5.82 Å². The van der Waals surface area contributed by atoms with Crippen molar-refractivity contribution in [1.29, 1.82) is 0 Å². The Kier molecular flexibility index (Phi) is 2.46. The summed E-state index contributed by atoms with van der Waals surface area (Å²) < 4.78 is 0. The molecule has 4 nitrogen and oxygen atoms in total. The minimum Gasteiger partial charge on any atom is -0.342 e. The van der Waals surface area contributed by atoms with Crippen LogP contribution in [0.1, 0.15) is 17.6 Å². The molecule has 0 amide bonds. The van der Waals surface area contributed by atoms with Crippen LogP contribution in [-0.4, -0.2) is 29.0 Å². The van der Waals surface area contributed by atoms with Crippen LogP contribution in [0.5, 0.6) is 0 Å². The summed E-state index contributed by atoms with van der Waals surface area (Å²) in [5.74, 6) is 0.931. The molecule has 1 aromatic carbocycles. The van der Waals surface area contributed by atoms with E-state index in [9.17, 15) is 0 Å². The number of imidazole rings is 1. The minimum atomic E-state index is -0.0713. The van der Waals surface area contributed by atoms with Crippen LogP contribution in [-0.2, 0) is 0 Å². The summed E-state index contributed by atoms with van der Waals surface area (Å²) in [6.45, 7) is 1.95. The first-order valence-electron chi connectivity index (χ1n) is 4.96. The van der Waals surface area contributed by atoms with Crippen LogP contribution >= 0.6 is 0 Å². The molecular weight excluding hydrogens is 188 g/mol. The summed E-state index contributed by atoms with van der Waals surface area (Å²) >= 11 is 0. The van der Waals surface area contributed by atoms with E-state index in [4.69, 9.17) is 5.73 Å². The van der Waals surface area contributed by atoms with Crippen LogP contribution in [0, 0.1) is 6.92 Å². The SMILES string of the molecule is Cc1nc2ccc(C(N)N(C)C)cc2[nH]1. The number of aryl methyl sites for hydroxylation is 1. The summed E-state index contributed by atoms with van der Waals surface area (Å²) in [4.78, 5) is 9.53. The Morgan fingerprint density at radius 2 is 2.13 bits per heavy atom. The number of nitrogens with one attached hydrogen (secondary N) is 1. The van der Waals surface area contributed by atoms with Gasteiger partial charge >= 0.3 is 0 Å². The van der Waals surface area contributed by atoms with Gasteiger partial charge in [-0.2, -0.15) is 0 Å². The van der Waals surface area contributed by atoms with Crippen LogP contribution in [0.4, 0.5) is 0 Å². The van der Waals surface area contributed by atoms with Gasteiger partial charge in [-0.3, -0.25) is 4.90 Å². The standard InChI is InChI=1S/C11H16N4/c1-7-13-9-5-4-8(6-10(9)14-7)11(12)15(2)3/h4-6,11H,12H2,1-3H3,(H,13,14). The number of rotatable bonds is 2. The van der Waals surface area contributed by atoms with E-state index >= 15 is 0 Å². The van der Waals surface area contributed by atoms with Crippen molar-refractivity contribution in [1.82, 2.24) is 14.9 Å². The fourth-order valence-corrected chi connectivity index (χ4v) is 1.64. The first kappa shape index (κ1) is 10.1. The largest absolute Gasteiger partial charge is 0.342 e. The van der Waals surface area contributed by atoms with Gasteiger partial charge in [0, 0.05) is 0 Å². The Morgan fingerprint density at radius 3 is 2.80 bits per heavy atom. The molecule has 1 atom stereocenters. The molecule has 1 unspecified atom stereocenters. The number of aromatic nitrogens is 2. The minimum absolute atomic E-state index is 0.0713. The van der Waals surface area contributed by atoms with Crippen molar-refractivity contribution >= 4 is 11.0 Å². The highest BCUT2D eigenvalue weighted by atomic mass is 15.2. The van der Waals surface area contributed by atoms with Crippen molar-refractivity contribution < 1.29 is 0 Å². The van der Waals surface area contributed by atoms with E-state index in [-0.39, 0.29) is 6.17 Å². The first-order chi connectivity index (χ1) is 7.08. The highest BCUT2D eigenvalue weighted by Gasteiger charge is 2.09. The molecule has 0 spiro atoms. The van der Waals surface area contributed by atoms with Crippen molar-refractivity contribution in [2.75, 3.05) is 14.1 Å². The van der Waals surface area contributed by atoms with Crippen LogP contribution in [0.25, 0.3) is 11.0 Å². The molecular formula is C11H16N4. The van der Waals surface area contributed by atoms with E-state index in [2.05, 4.69) is 16.0 Å². The third kappa shape index (κ3) is 1.86. The molecule has 1 heterocycles. The highest BCUT2D eigenvalue weighted by Crippen LogP contribution is 2.18. The molecule has 0 saturated heterocycles. The Hall–Kier alpha value is -1.39. The van der Waals surface area contributed by atoms with Gasteiger partial charge in [-0.25, -0.2) is 4.98 Å². The summed E-state index contributed by atoms with van der Waals surface area (Å²) in [6.07, 6.45) is -0.0713. The zero-order valence-electron chi connectivity index (χ0n) is 9.28. The quantitative estimate of drug-likeness (QED) is 0.727. The number of aromatic amines is 1. The van der Waals surface area contributed by atoms with Crippen LogP contribution in [0.3, 0.4) is 0 Å². The lowest BCUT2D eigenvalue weighted by Gasteiger charge is -2.19. The summed E-state index contributed by atoms with van der Waals surface area (Å²) in [6, 6.07) is 6.07. The predicted molar refractivity (Wildman–Crippen MR) is 61.4 cm³/mol. The second kappa shape index (κ2) is 3.64. The molecule has 0 fully saturated rings. The summed E-state index contributed by atoms with van der Waals surface area (Å²) in [5, 5.41) is 0. The second-order valence-corrected chi connectivity index (χ2v) is 4.01. The highest BCUT2D eigenvalue weighted by molar-refractivity contribution is 5.75. The smallest absolute Gasteiger partial charge is 0.104 e. The lowest BCUT2D eigenvalue weighted by molar-refractivity contribution is 0.307. The van der Waals surface area contributed by atoms with Crippen LogP contribution in [0.15, 0.2) is 18.2 Å². The maximum Gasteiger partial charge on any atom is 0.104 e. The predicted octanol–water partition coefficient (Wildman–Crippen LogP) is 1.39.